The number of hydrazone groups is 1. The smallest absolute Gasteiger partial charge is 0.318 e. The second-order valence-electron chi connectivity index (χ2n) is 6.42. The maximum Gasteiger partial charge on any atom is 0.416 e. The van der Waals surface area contributed by atoms with Crippen molar-refractivity contribution in [2.45, 2.75) is 20.0 Å². The molecular weight excluding hydrogens is 386 g/mol. The van der Waals surface area contributed by atoms with Gasteiger partial charge in [0.2, 0.25) is 0 Å². The van der Waals surface area contributed by atoms with Gasteiger partial charge in [0, 0.05) is 28.2 Å². The van der Waals surface area contributed by atoms with Crippen LogP contribution in [0.5, 0.6) is 0 Å². The molecule has 0 fully saturated rings. The molecule has 1 heterocycles. The molecule has 0 aliphatic heterocycles. The lowest BCUT2D eigenvalue weighted by Crippen LogP contribution is -2.18. The third kappa shape index (κ3) is 4.53. The third-order valence-electron chi connectivity index (χ3n) is 4.38. The molecule has 0 radical (unpaired) electrons. The highest BCUT2D eigenvalue weighted by Gasteiger charge is 2.30. The van der Waals surface area contributed by atoms with E-state index in [1.165, 1.54) is 24.4 Å². The normalized spacial score (nSPS) is 11.8. The van der Waals surface area contributed by atoms with Crippen LogP contribution in [-0.2, 0) is 6.18 Å². The quantitative estimate of drug-likeness (QED) is 0.371. The van der Waals surface area contributed by atoms with Crippen LogP contribution in [0.25, 0.3) is 5.69 Å². The number of rotatable bonds is 4. The Morgan fingerprint density at radius 3 is 2.41 bits per heavy atom. The molecule has 29 heavy (non-hydrogen) atoms. The maximum atomic E-state index is 13.1. The van der Waals surface area contributed by atoms with E-state index in [4.69, 9.17) is 0 Å². The number of hydrogen-bond donors (Lipinski definition) is 1. The number of nitrogens with one attached hydrogen (secondary N) is 1. The Balaban J connectivity index is 1.77. The fourth-order valence-corrected chi connectivity index (χ4v) is 2.97. The van der Waals surface area contributed by atoms with E-state index in [1.54, 1.807) is 12.1 Å². The Labute approximate surface area is 164 Å². The van der Waals surface area contributed by atoms with Crippen molar-refractivity contribution in [3.8, 4) is 5.69 Å². The van der Waals surface area contributed by atoms with Crippen LogP contribution in [0, 0.1) is 19.7 Å². The topological polar surface area (TPSA) is 46.4 Å². The highest BCUT2D eigenvalue weighted by molar-refractivity contribution is 5.95. The molecule has 2 aromatic carbocycles. The average molecular weight is 403 g/mol. The molecular formula is C21H17F4N3O. The van der Waals surface area contributed by atoms with Crippen molar-refractivity contribution in [3.63, 3.8) is 0 Å². The fraction of sp³-hybridized carbons (Fsp3) is 0.143. The van der Waals surface area contributed by atoms with Gasteiger partial charge in [0.15, 0.2) is 0 Å². The van der Waals surface area contributed by atoms with Crippen molar-refractivity contribution in [2.75, 3.05) is 0 Å². The van der Waals surface area contributed by atoms with Gasteiger partial charge in [0.1, 0.15) is 5.82 Å². The number of carbonyl (C=O) groups is 1. The molecule has 3 rings (SSSR count). The van der Waals surface area contributed by atoms with E-state index in [0.717, 1.165) is 35.3 Å². The molecule has 0 bridgehead atoms. The number of benzene rings is 2. The zero-order chi connectivity index (χ0) is 21.2. The van der Waals surface area contributed by atoms with E-state index < -0.39 is 17.6 Å². The van der Waals surface area contributed by atoms with Gasteiger partial charge in [0.05, 0.1) is 11.8 Å². The summed E-state index contributed by atoms with van der Waals surface area (Å²) in [5.74, 6) is -1.09. The molecule has 0 aliphatic carbocycles. The van der Waals surface area contributed by atoms with Gasteiger partial charge < -0.3 is 4.57 Å². The van der Waals surface area contributed by atoms with Gasteiger partial charge in [-0.3, -0.25) is 4.79 Å². The Hall–Kier alpha value is -3.42. The minimum Gasteiger partial charge on any atom is -0.318 e. The highest BCUT2D eigenvalue weighted by atomic mass is 19.4. The first-order chi connectivity index (χ1) is 13.7. The summed E-state index contributed by atoms with van der Waals surface area (Å²) < 4.78 is 53.3. The van der Waals surface area contributed by atoms with Crippen molar-refractivity contribution in [1.82, 2.24) is 9.99 Å². The summed E-state index contributed by atoms with van der Waals surface area (Å²) in [5, 5.41) is 3.85. The van der Waals surface area contributed by atoms with Crippen LogP contribution in [0.1, 0.15) is 32.9 Å². The van der Waals surface area contributed by atoms with E-state index in [9.17, 15) is 22.4 Å². The van der Waals surface area contributed by atoms with Gasteiger partial charge in [-0.2, -0.15) is 18.3 Å². The molecule has 150 valence electrons. The molecule has 0 atom stereocenters. The molecule has 0 aliphatic rings. The number of aromatic nitrogens is 1. The van der Waals surface area contributed by atoms with Crippen molar-refractivity contribution in [2.24, 2.45) is 5.10 Å². The van der Waals surface area contributed by atoms with Crippen LogP contribution >= 0.6 is 0 Å². The Kier molecular flexibility index (Phi) is 5.54. The molecule has 1 aromatic heterocycles. The first-order valence-electron chi connectivity index (χ1n) is 8.62. The summed E-state index contributed by atoms with van der Waals surface area (Å²) in [6.45, 7) is 3.71. The van der Waals surface area contributed by atoms with Gasteiger partial charge in [-0.25, -0.2) is 9.82 Å². The predicted molar refractivity (Wildman–Crippen MR) is 102 cm³/mol. The van der Waals surface area contributed by atoms with Crippen LogP contribution in [0.3, 0.4) is 0 Å². The van der Waals surface area contributed by atoms with Gasteiger partial charge in [-0.05, 0) is 62.4 Å². The van der Waals surface area contributed by atoms with Crippen molar-refractivity contribution < 1.29 is 22.4 Å². The number of carbonyl (C=O) groups excluding carboxylic acids is 1. The molecule has 0 spiro atoms. The number of nitrogens with zero attached hydrogens (tertiary/aromatic N) is 2. The van der Waals surface area contributed by atoms with Gasteiger partial charge >= 0.3 is 6.18 Å². The zero-order valence-electron chi connectivity index (χ0n) is 15.6. The number of alkyl halides is 3. The van der Waals surface area contributed by atoms with E-state index in [2.05, 4.69) is 10.5 Å². The Morgan fingerprint density at radius 2 is 1.76 bits per heavy atom. The largest absolute Gasteiger partial charge is 0.416 e. The lowest BCUT2D eigenvalue weighted by atomic mass is 10.1. The summed E-state index contributed by atoms with van der Waals surface area (Å²) >= 11 is 0. The number of halogens is 4. The van der Waals surface area contributed by atoms with Crippen LogP contribution in [0.4, 0.5) is 17.6 Å². The van der Waals surface area contributed by atoms with Crippen molar-refractivity contribution >= 4 is 12.1 Å². The van der Waals surface area contributed by atoms with E-state index in [-0.39, 0.29) is 11.4 Å². The van der Waals surface area contributed by atoms with Crippen LogP contribution in [0.2, 0.25) is 0 Å². The van der Waals surface area contributed by atoms with Gasteiger partial charge in [-0.1, -0.05) is 6.07 Å². The van der Waals surface area contributed by atoms with E-state index in [0.29, 0.717) is 5.56 Å². The molecule has 3 aromatic rings. The standard InChI is InChI=1S/C21H17F4N3O/c1-13-10-16(14(2)28(13)19-8-6-18(22)7-9-19)12-26-27-20(29)15-4-3-5-17(11-15)21(23,24)25/h3-12H,1-2H3,(H,27,29)/b26-12-. The second-order valence-corrected chi connectivity index (χ2v) is 6.42. The summed E-state index contributed by atoms with van der Waals surface area (Å²) in [7, 11) is 0. The third-order valence-corrected chi connectivity index (χ3v) is 4.38. The number of amides is 1. The Morgan fingerprint density at radius 1 is 1.07 bits per heavy atom. The predicted octanol–water partition coefficient (Wildman–Crippen LogP) is 5.02. The molecule has 1 amide bonds. The monoisotopic (exact) mass is 403 g/mol. The SMILES string of the molecule is Cc1cc(/C=N\NC(=O)c2cccc(C(F)(F)F)c2)c(C)n1-c1ccc(F)cc1. The number of hydrogen-bond acceptors (Lipinski definition) is 2. The summed E-state index contributed by atoms with van der Waals surface area (Å²) in [5.41, 5.74) is 4.35. The first-order valence-corrected chi connectivity index (χ1v) is 8.62. The summed E-state index contributed by atoms with van der Waals surface area (Å²) in [6, 6.07) is 11.9. The lowest BCUT2D eigenvalue weighted by Gasteiger charge is -2.09. The lowest BCUT2D eigenvalue weighted by molar-refractivity contribution is -0.137. The van der Waals surface area contributed by atoms with Crippen molar-refractivity contribution in [1.29, 1.82) is 0 Å². The van der Waals surface area contributed by atoms with Crippen LogP contribution < -0.4 is 5.43 Å². The Bertz CT molecular complexity index is 1070. The van der Waals surface area contributed by atoms with E-state index >= 15 is 0 Å². The maximum absolute atomic E-state index is 13.1. The summed E-state index contributed by atoms with van der Waals surface area (Å²) in [4.78, 5) is 12.1. The van der Waals surface area contributed by atoms with Gasteiger partial charge in [0.25, 0.3) is 5.91 Å². The van der Waals surface area contributed by atoms with E-state index in [1.807, 2.05) is 24.5 Å². The minimum absolute atomic E-state index is 0.145. The molecule has 0 saturated heterocycles. The molecule has 8 heteroatoms. The zero-order valence-corrected chi connectivity index (χ0v) is 15.6. The van der Waals surface area contributed by atoms with Gasteiger partial charge in [-0.15, -0.1) is 0 Å². The minimum atomic E-state index is -4.53. The fourth-order valence-electron chi connectivity index (χ4n) is 2.97. The molecule has 0 saturated carbocycles. The average Bonchev–Trinajstić information content (AvgIpc) is 2.95. The highest BCUT2D eigenvalue weighted by Crippen LogP contribution is 2.29. The summed E-state index contributed by atoms with van der Waals surface area (Å²) in [6.07, 6.45) is -3.12. The molecule has 1 N–H and O–H groups in total. The van der Waals surface area contributed by atoms with Crippen LogP contribution in [-0.4, -0.2) is 16.7 Å². The number of aryl methyl sites for hydroxylation is 1. The van der Waals surface area contributed by atoms with Crippen LogP contribution in [0.15, 0.2) is 59.7 Å². The van der Waals surface area contributed by atoms with Crippen molar-refractivity contribution in [3.05, 3.63) is 88.5 Å². The first kappa shape index (κ1) is 20.3. The molecule has 4 nitrogen and oxygen atoms in total. The second kappa shape index (κ2) is 7.90. The molecule has 0 unspecified atom stereocenters.